The van der Waals surface area contributed by atoms with Gasteiger partial charge >= 0.3 is 17.3 Å². The molecule has 0 bridgehead atoms. The third-order valence-electron chi connectivity index (χ3n) is 5.50. The van der Waals surface area contributed by atoms with Crippen molar-refractivity contribution in [3.63, 3.8) is 0 Å². The number of aromatic hydroxyl groups is 1. The Morgan fingerprint density at radius 3 is 2.38 bits per heavy atom. The van der Waals surface area contributed by atoms with Crippen LogP contribution in [0.15, 0.2) is 30.3 Å². The first kappa shape index (κ1) is 23.2. The number of ether oxygens (including phenoxy) is 2. The summed E-state index contributed by atoms with van der Waals surface area (Å²) in [5, 5.41) is 34.3. The number of nitro groups is 2. The Balaban J connectivity index is 2.39. The molecule has 2 aromatic rings. The number of hydrogen-bond donors (Lipinski definition) is 1. The highest BCUT2D eigenvalue weighted by Gasteiger charge is 2.55. The molecule has 12 heteroatoms. The summed E-state index contributed by atoms with van der Waals surface area (Å²) in [4.78, 5) is 35.5. The number of nitrogens with zero attached hydrogens (tertiary/aromatic N) is 3. The standard InChI is InChI=1S/C20H20ClN3O8/c1-4-32-16(25)10-14-13-9-15(23(27)28)19(26)18(24(29)30)17(13)22(20(14,2)31-3)12-7-5-11(21)6-8-12/h5-9,14,26H,4,10H2,1-3H3. The van der Waals surface area contributed by atoms with E-state index in [0.717, 1.165) is 6.07 Å². The van der Waals surface area contributed by atoms with E-state index >= 15 is 0 Å². The van der Waals surface area contributed by atoms with Gasteiger partial charge in [-0.1, -0.05) is 11.6 Å². The molecule has 2 aromatic carbocycles. The van der Waals surface area contributed by atoms with Gasteiger partial charge < -0.3 is 19.5 Å². The van der Waals surface area contributed by atoms with Crippen molar-refractivity contribution in [1.82, 2.24) is 0 Å². The Morgan fingerprint density at radius 1 is 1.25 bits per heavy atom. The lowest BCUT2D eigenvalue weighted by molar-refractivity contribution is -0.395. The number of methoxy groups -OCH3 is 1. The molecule has 0 spiro atoms. The predicted octanol–water partition coefficient (Wildman–Crippen LogP) is 4.41. The van der Waals surface area contributed by atoms with Crippen LogP contribution in [0, 0.1) is 20.2 Å². The Kier molecular flexibility index (Phi) is 6.24. The molecular weight excluding hydrogens is 446 g/mol. The minimum absolute atomic E-state index is 0.105. The zero-order valence-electron chi connectivity index (χ0n) is 17.4. The van der Waals surface area contributed by atoms with Gasteiger partial charge in [0.2, 0.25) is 0 Å². The Hall–Kier alpha value is -3.44. The fraction of sp³-hybridized carbons (Fsp3) is 0.350. The second kappa shape index (κ2) is 8.60. The van der Waals surface area contributed by atoms with Crippen molar-refractivity contribution < 1.29 is 29.2 Å². The smallest absolute Gasteiger partial charge is 0.341 e. The molecule has 0 saturated carbocycles. The summed E-state index contributed by atoms with van der Waals surface area (Å²) >= 11 is 5.98. The van der Waals surface area contributed by atoms with Crippen LogP contribution in [0.1, 0.15) is 31.7 Å². The van der Waals surface area contributed by atoms with Gasteiger partial charge in [-0.15, -0.1) is 0 Å². The summed E-state index contributed by atoms with van der Waals surface area (Å²) in [6, 6.07) is 7.32. The van der Waals surface area contributed by atoms with E-state index < -0.39 is 44.6 Å². The molecule has 11 nitrogen and oxygen atoms in total. The van der Waals surface area contributed by atoms with Crippen LogP contribution in [0.3, 0.4) is 0 Å². The van der Waals surface area contributed by atoms with Crippen molar-refractivity contribution in [3.05, 3.63) is 61.1 Å². The average Bonchev–Trinajstić information content (AvgIpc) is 2.96. The summed E-state index contributed by atoms with van der Waals surface area (Å²) in [7, 11) is 1.35. The van der Waals surface area contributed by atoms with Crippen LogP contribution in [0.4, 0.5) is 22.7 Å². The molecule has 2 unspecified atom stereocenters. The second-order valence-corrected chi connectivity index (χ2v) is 7.61. The van der Waals surface area contributed by atoms with Crippen molar-refractivity contribution in [2.75, 3.05) is 18.6 Å². The summed E-state index contributed by atoms with van der Waals surface area (Å²) in [6.07, 6.45) is -0.269. The average molecular weight is 466 g/mol. The molecule has 0 aliphatic carbocycles. The van der Waals surface area contributed by atoms with E-state index in [0.29, 0.717) is 10.7 Å². The summed E-state index contributed by atoms with van der Waals surface area (Å²) in [5.41, 5.74) is -2.70. The number of nitro benzene ring substituents is 2. The SMILES string of the molecule is CCOC(=O)CC1c2cc([N+](=O)[O-])c(O)c([N+](=O)[O-])c2N(c2ccc(Cl)cc2)C1(C)OC. The van der Waals surface area contributed by atoms with Gasteiger partial charge in [0.25, 0.3) is 5.75 Å². The molecule has 1 aliphatic rings. The molecular formula is C20H20ClN3O8. The Bertz CT molecular complexity index is 1090. The highest BCUT2D eigenvalue weighted by molar-refractivity contribution is 6.30. The molecule has 0 saturated heterocycles. The maximum atomic E-state index is 12.4. The number of hydrogen-bond acceptors (Lipinski definition) is 9. The van der Waals surface area contributed by atoms with E-state index in [1.165, 1.54) is 12.0 Å². The van der Waals surface area contributed by atoms with Gasteiger partial charge in [0.05, 0.1) is 22.9 Å². The second-order valence-electron chi connectivity index (χ2n) is 7.18. The first-order chi connectivity index (χ1) is 15.1. The molecule has 0 amide bonds. The summed E-state index contributed by atoms with van der Waals surface area (Å²) in [6.45, 7) is 3.33. The molecule has 170 valence electrons. The lowest BCUT2D eigenvalue weighted by Gasteiger charge is -2.39. The number of esters is 1. The molecule has 0 radical (unpaired) electrons. The van der Waals surface area contributed by atoms with Gasteiger partial charge in [-0.3, -0.25) is 25.0 Å². The fourth-order valence-electron chi connectivity index (χ4n) is 4.03. The van der Waals surface area contributed by atoms with Gasteiger partial charge in [0.1, 0.15) is 11.4 Å². The van der Waals surface area contributed by atoms with Crippen LogP contribution in [0.5, 0.6) is 5.75 Å². The summed E-state index contributed by atoms with van der Waals surface area (Å²) in [5.74, 6) is -2.59. The number of carbonyl (C=O) groups is 1. The number of phenols is 1. The third kappa shape index (κ3) is 3.69. The number of phenolic OH excluding ortho intramolecular Hbond substituents is 1. The number of benzene rings is 2. The van der Waals surface area contributed by atoms with Crippen LogP contribution in [-0.2, 0) is 14.3 Å². The lowest BCUT2D eigenvalue weighted by Crippen LogP contribution is -2.46. The fourth-order valence-corrected chi connectivity index (χ4v) is 4.15. The van der Waals surface area contributed by atoms with E-state index in [9.17, 15) is 30.1 Å². The maximum absolute atomic E-state index is 12.4. The van der Waals surface area contributed by atoms with Crippen molar-refractivity contribution in [3.8, 4) is 5.75 Å². The third-order valence-corrected chi connectivity index (χ3v) is 5.75. The normalized spacial score (nSPS) is 19.5. The van der Waals surface area contributed by atoms with Crippen molar-refractivity contribution in [2.45, 2.75) is 31.9 Å². The van der Waals surface area contributed by atoms with Crippen molar-refractivity contribution in [2.24, 2.45) is 0 Å². The maximum Gasteiger partial charge on any atom is 0.341 e. The lowest BCUT2D eigenvalue weighted by atomic mass is 9.89. The highest BCUT2D eigenvalue weighted by Crippen LogP contribution is 2.60. The molecule has 0 fully saturated rings. The van der Waals surface area contributed by atoms with Crippen LogP contribution in [0.2, 0.25) is 5.02 Å². The number of carbonyl (C=O) groups excluding carboxylic acids is 1. The van der Waals surface area contributed by atoms with Crippen molar-refractivity contribution in [1.29, 1.82) is 0 Å². The number of anilines is 2. The molecule has 0 aromatic heterocycles. The number of fused-ring (bicyclic) bond motifs is 1. The van der Waals surface area contributed by atoms with Gasteiger partial charge in [-0.25, -0.2) is 0 Å². The van der Waals surface area contributed by atoms with E-state index in [2.05, 4.69) is 0 Å². The zero-order chi connectivity index (χ0) is 23.8. The zero-order valence-corrected chi connectivity index (χ0v) is 18.2. The van der Waals surface area contributed by atoms with E-state index in [4.69, 9.17) is 21.1 Å². The quantitative estimate of drug-likeness (QED) is 0.356. The monoisotopic (exact) mass is 465 g/mol. The summed E-state index contributed by atoms with van der Waals surface area (Å²) < 4.78 is 10.8. The van der Waals surface area contributed by atoms with Crippen LogP contribution >= 0.6 is 11.6 Å². The van der Waals surface area contributed by atoms with Crippen molar-refractivity contribution >= 4 is 40.3 Å². The molecule has 2 atom stereocenters. The molecule has 1 N–H and O–H groups in total. The van der Waals surface area contributed by atoms with Crippen LogP contribution < -0.4 is 4.90 Å². The topological polar surface area (TPSA) is 145 Å². The van der Waals surface area contributed by atoms with E-state index in [1.807, 2.05) is 0 Å². The Morgan fingerprint density at radius 2 is 1.88 bits per heavy atom. The first-order valence-electron chi connectivity index (χ1n) is 9.52. The molecule has 1 aliphatic heterocycles. The molecule has 32 heavy (non-hydrogen) atoms. The van der Waals surface area contributed by atoms with Gasteiger partial charge in [0.15, 0.2) is 0 Å². The number of halogens is 1. The van der Waals surface area contributed by atoms with Gasteiger partial charge in [0, 0.05) is 29.8 Å². The highest BCUT2D eigenvalue weighted by atomic mass is 35.5. The van der Waals surface area contributed by atoms with Gasteiger partial charge in [-0.2, -0.15) is 0 Å². The van der Waals surface area contributed by atoms with E-state index in [-0.39, 0.29) is 24.3 Å². The van der Waals surface area contributed by atoms with Gasteiger partial charge in [-0.05, 0) is 43.7 Å². The largest absolute Gasteiger partial charge is 0.497 e. The first-order valence-corrected chi connectivity index (χ1v) is 9.89. The van der Waals surface area contributed by atoms with Crippen LogP contribution in [0.25, 0.3) is 0 Å². The van der Waals surface area contributed by atoms with E-state index in [1.54, 1.807) is 38.1 Å². The molecule has 3 rings (SSSR count). The number of rotatable bonds is 7. The molecule has 1 heterocycles. The van der Waals surface area contributed by atoms with Crippen LogP contribution in [-0.4, -0.2) is 40.4 Å². The Labute approximate surface area is 187 Å². The minimum atomic E-state index is -1.39. The predicted molar refractivity (Wildman–Crippen MR) is 114 cm³/mol. The minimum Gasteiger partial charge on any atom is -0.497 e.